The zero-order valence-corrected chi connectivity index (χ0v) is 31.5. The Bertz CT molecular complexity index is 2890. The molecule has 0 aliphatic carbocycles. The summed E-state index contributed by atoms with van der Waals surface area (Å²) < 4.78 is 2.58. The highest BCUT2D eigenvalue weighted by Crippen LogP contribution is 2.44. The SMILES string of the molecule is c1ccc(-c2cc(-c3ccccc3)cc(N(c3ccc(-c4ccccc4-c4ccccc4-c4ccccc4)cc3)c3ccc4c(c3)sc3ccccc34)c2)cc1. The number of nitrogens with zero attached hydrogens (tertiary/aromatic N) is 1. The largest absolute Gasteiger partial charge is 0.310 e. The molecule has 0 radical (unpaired) electrons. The molecule has 0 N–H and O–H groups in total. The zero-order valence-electron chi connectivity index (χ0n) is 30.7. The van der Waals surface area contributed by atoms with E-state index >= 15 is 0 Å². The second-order valence-electron chi connectivity index (χ2n) is 14.1. The van der Waals surface area contributed by atoms with Crippen molar-refractivity contribution in [2.45, 2.75) is 0 Å². The minimum Gasteiger partial charge on any atom is -0.310 e. The van der Waals surface area contributed by atoms with Gasteiger partial charge in [-0.05, 0) is 104 Å². The average Bonchev–Trinajstić information content (AvgIpc) is 3.66. The topological polar surface area (TPSA) is 3.24 Å². The summed E-state index contributed by atoms with van der Waals surface area (Å²) in [6.07, 6.45) is 0. The van der Waals surface area contributed by atoms with Crippen LogP contribution in [0.3, 0.4) is 0 Å². The van der Waals surface area contributed by atoms with Crippen LogP contribution in [0.2, 0.25) is 0 Å². The molecule has 0 aliphatic heterocycles. The second-order valence-corrected chi connectivity index (χ2v) is 15.2. The van der Waals surface area contributed by atoms with Gasteiger partial charge in [0.25, 0.3) is 0 Å². The van der Waals surface area contributed by atoms with Gasteiger partial charge >= 0.3 is 0 Å². The van der Waals surface area contributed by atoms with Crippen LogP contribution in [0, 0.1) is 0 Å². The van der Waals surface area contributed by atoms with E-state index in [1.54, 1.807) is 0 Å². The first kappa shape index (κ1) is 33.6. The third kappa shape index (κ3) is 6.36. The normalized spacial score (nSPS) is 11.2. The van der Waals surface area contributed by atoms with Crippen LogP contribution in [0.1, 0.15) is 0 Å². The minimum atomic E-state index is 1.10. The van der Waals surface area contributed by atoms with Crippen LogP contribution in [0.25, 0.3) is 75.8 Å². The molecular formula is C54H37NS. The van der Waals surface area contributed by atoms with Gasteiger partial charge in [0.15, 0.2) is 0 Å². The molecule has 0 atom stereocenters. The first-order chi connectivity index (χ1) is 27.8. The summed E-state index contributed by atoms with van der Waals surface area (Å²) in [5, 5.41) is 2.60. The Morgan fingerprint density at radius 1 is 0.250 bits per heavy atom. The zero-order chi connectivity index (χ0) is 37.3. The third-order valence-electron chi connectivity index (χ3n) is 10.7. The number of fused-ring (bicyclic) bond motifs is 3. The molecule has 56 heavy (non-hydrogen) atoms. The van der Waals surface area contributed by atoms with E-state index in [1.165, 1.54) is 75.8 Å². The summed E-state index contributed by atoms with van der Waals surface area (Å²) in [7, 11) is 0. The van der Waals surface area contributed by atoms with Crippen LogP contribution >= 0.6 is 11.3 Å². The lowest BCUT2D eigenvalue weighted by molar-refractivity contribution is 1.29. The summed E-state index contributed by atoms with van der Waals surface area (Å²) >= 11 is 1.86. The molecule has 9 aromatic carbocycles. The smallest absolute Gasteiger partial charge is 0.0476 e. The van der Waals surface area contributed by atoms with E-state index in [4.69, 9.17) is 0 Å². The number of rotatable bonds is 8. The van der Waals surface area contributed by atoms with E-state index in [1.807, 2.05) is 11.3 Å². The van der Waals surface area contributed by atoms with Crippen molar-refractivity contribution in [2.24, 2.45) is 0 Å². The highest BCUT2D eigenvalue weighted by Gasteiger charge is 2.19. The molecule has 1 aromatic heterocycles. The van der Waals surface area contributed by atoms with E-state index in [2.05, 4.69) is 229 Å². The molecule has 0 unspecified atom stereocenters. The Morgan fingerprint density at radius 3 is 1.29 bits per heavy atom. The highest BCUT2D eigenvalue weighted by molar-refractivity contribution is 7.25. The van der Waals surface area contributed by atoms with Crippen LogP contribution in [-0.2, 0) is 0 Å². The number of thiophene rings is 1. The first-order valence-electron chi connectivity index (χ1n) is 19.1. The Hall–Kier alpha value is -7.00. The maximum atomic E-state index is 2.42. The van der Waals surface area contributed by atoms with Crippen LogP contribution in [0.5, 0.6) is 0 Å². The molecule has 264 valence electrons. The van der Waals surface area contributed by atoms with Crippen molar-refractivity contribution in [2.75, 3.05) is 4.90 Å². The van der Waals surface area contributed by atoms with E-state index in [-0.39, 0.29) is 0 Å². The highest BCUT2D eigenvalue weighted by atomic mass is 32.1. The van der Waals surface area contributed by atoms with Crippen LogP contribution < -0.4 is 4.90 Å². The second kappa shape index (κ2) is 14.7. The average molecular weight is 732 g/mol. The van der Waals surface area contributed by atoms with Crippen LogP contribution in [-0.4, -0.2) is 0 Å². The van der Waals surface area contributed by atoms with Crippen LogP contribution in [0.4, 0.5) is 17.1 Å². The number of hydrogen-bond donors (Lipinski definition) is 0. The number of anilines is 3. The summed E-state index contributed by atoms with van der Waals surface area (Å²) in [6, 6.07) is 81.4. The standard InChI is InChI=1S/C54H37NS/c1-4-16-38(17-5-1)42-34-43(39-18-6-2-7-19-39)36-46(35-42)55(45-32-33-52-51-26-14-15-27-53(51)56-54(52)37-45)44-30-28-41(29-31-44)48-23-11-13-25-50(48)49-24-12-10-22-47(49)40-20-8-3-9-21-40/h1-37H. The third-order valence-corrected chi connectivity index (χ3v) is 11.8. The first-order valence-corrected chi connectivity index (χ1v) is 19.9. The lowest BCUT2D eigenvalue weighted by Crippen LogP contribution is -2.10. The molecule has 0 amide bonds. The molecule has 10 rings (SSSR count). The number of hydrogen-bond acceptors (Lipinski definition) is 2. The molecule has 1 heterocycles. The van der Waals surface area contributed by atoms with Crippen molar-refractivity contribution in [1.82, 2.24) is 0 Å². The lowest BCUT2D eigenvalue weighted by atomic mass is 9.89. The van der Waals surface area contributed by atoms with Crippen molar-refractivity contribution in [3.05, 3.63) is 224 Å². The van der Waals surface area contributed by atoms with Crippen molar-refractivity contribution >= 4 is 48.6 Å². The molecule has 0 spiro atoms. The van der Waals surface area contributed by atoms with E-state index in [0.29, 0.717) is 0 Å². The van der Waals surface area contributed by atoms with Gasteiger partial charge in [-0.25, -0.2) is 0 Å². The molecule has 1 nitrogen and oxygen atoms in total. The predicted octanol–water partition coefficient (Wildman–Crippen LogP) is 15.9. The molecule has 0 saturated heterocycles. The van der Waals surface area contributed by atoms with Gasteiger partial charge in [-0.15, -0.1) is 11.3 Å². The fraction of sp³-hybridized carbons (Fsp3) is 0. The van der Waals surface area contributed by atoms with Crippen molar-refractivity contribution in [1.29, 1.82) is 0 Å². The van der Waals surface area contributed by atoms with Crippen molar-refractivity contribution in [3.8, 4) is 55.6 Å². The molecule has 2 heteroatoms. The molecule has 0 saturated carbocycles. The van der Waals surface area contributed by atoms with Gasteiger partial charge in [-0.3, -0.25) is 0 Å². The molecule has 0 bridgehead atoms. The maximum Gasteiger partial charge on any atom is 0.0476 e. The Kier molecular flexibility index (Phi) is 8.79. The summed E-state index contributed by atoms with van der Waals surface area (Å²) in [6.45, 7) is 0. The van der Waals surface area contributed by atoms with Gasteiger partial charge < -0.3 is 4.90 Å². The number of benzene rings is 9. The lowest BCUT2D eigenvalue weighted by Gasteiger charge is -2.27. The Labute approximate surface area is 332 Å². The Morgan fingerprint density at radius 2 is 0.696 bits per heavy atom. The molecule has 0 fully saturated rings. The fourth-order valence-electron chi connectivity index (χ4n) is 7.98. The van der Waals surface area contributed by atoms with Gasteiger partial charge in [0, 0.05) is 37.2 Å². The van der Waals surface area contributed by atoms with E-state index in [9.17, 15) is 0 Å². The van der Waals surface area contributed by atoms with Gasteiger partial charge in [0.1, 0.15) is 0 Å². The van der Waals surface area contributed by atoms with E-state index in [0.717, 1.165) is 17.1 Å². The maximum absolute atomic E-state index is 2.42. The monoisotopic (exact) mass is 731 g/mol. The van der Waals surface area contributed by atoms with Crippen molar-refractivity contribution in [3.63, 3.8) is 0 Å². The summed E-state index contributed by atoms with van der Waals surface area (Å²) in [5.74, 6) is 0. The van der Waals surface area contributed by atoms with Crippen LogP contribution in [0.15, 0.2) is 224 Å². The van der Waals surface area contributed by atoms with Gasteiger partial charge in [0.2, 0.25) is 0 Å². The Balaban J connectivity index is 1.13. The van der Waals surface area contributed by atoms with Gasteiger partial charge in [0.05, 0.1) is 0 Å². The van der Waals surface area contributed by atoms with Gasteiger partial charge in [-0.1, -0.05) is 176 Å². The summed E-state index contributed by atoms with van der Waals surface area (Å²) in [5.41, 5.74) is 15.3. The molecule has 10 aromatic rings. The quantitative estimate of drug-likeness (QED) is 0.150. The van der Waals surface area contributed by atoms with E-state index < -0.39 is 0 Å². The minimum absolute atomic E-state index is 1.10. The molecular weight excluding hydrogens is 695 g/mol. The fourth-order valence-corrected chi connectivity index (χ4v) is 9.12. The van der Waals surface area contributed by atoms with Crippen molar-refractivity contribution < 1.29 is 0 Å². The summed E-state index contributed by atoms with van der Waals surface area (Å²) in [4.78, 5) is 2.42. The predicted molar refractivity (Wildman–Crippen MR) is 241 cm³/mol. The molecule has 0 aliphatic rings. The van der Waals surface area contributed by atoms with Gasteiger partial charge in [-0.2, -0.15) is 0 Å².